The van der Waals surface area contributed by atoms with E-state index < -0.39 is 8.56 Å². The van der Waals surface area contributed by atoms with E-state index >= 15 is 0 Å². The zero-order chi connectivity index (χ0) is 23.3. The van der Waals surface area contributed by atoms with Gasteiger partial charge in [0.25, 0.3) is 0 Å². The maximum absolute atomic E-state index is 10.3. The summed E-state index contributed by atoms with van der Waals surface area (Å²) >= 11 is 3.68. The maximum atomic E-state index is 10.3. The average Bonchev–Trinajstić information content (AvgIpc) is 2.62. The molecule has 0 radical (unpaired) electrons. The van der Waals surface area contributed by atoms with Crippen molar-refractivity contribution in [3.05, 3.63) is 0 Å². The van der Waals surface area contributed by atoms with Crippen LogP contribution in [-0.2, 0) is 13.6 Å². The van der Waals surface area contributed by atoms with E-state index in [0.29, 0.717) is 6.42 Å². The highest BCUT2D eigenvalue weighted by atomic mass is 32.1. The van der Waals surface area contributed by atoms with Crippen molar-refractivity contribution >= 4 is 26.3 Å². The Bertz CT molecular complexity index is 365. The normalized spacial score (nSPS) is 11.7. The standard InChI is InChI=1S/C17H38O2Si.C8H16OS/c1-7-8-9-10-11-12-13-14-15-20(6,18-16(2)3)19-17(4)5;1-2-3-4-5-6-7-8(9)10/h16-17H,7-15H2,1-6H3;2-7H2,1H3,(H,9,10). The van der Waals surface area contributed by atoms with Crippen molar-refractivity contribution in [3.8, 4) is 0 Å². The van der Waals surface area contributed by atoms with Gasteiger partial charge in [-0.05, 0) is 46.7 Å². The number of hydrogen-bond donors (Lipinski definition) is 1. The fourth-order valence-corrected chi connectivity index (χ4v) is 6.94. The summed E-state index contributed by atoms with van der Waals surface area (Å²) in [5.41, 5.74) is 0. The summed E-state index contributed by atoms with van der Waals surface area (Å²) in [6, 6.07) is 1.14. The van der Waals surface area contributed by atoms with Crippen molar-refractivity contribution in [3.63, 3.8) is 0 Å². The number of rotatable bonds is 19. The van der Waals surface area contributed by atoms with Gasteiger partial charge in [0.2, 0.25) is 0 Å². The molecule has 0 aliphatic heterocycles. The predicted octanol–water partition coefficient (Wildman–Crippen LogP) is 8.85. The molecule has 0 saturated heterocycles. The molecule has 0 heterocycles. The molecule has 0 aliphatic carbocycles. The summed E-state index contributed by atoms with van der Waals surface area (Å²) in [5.74, 6) is 0. The Morgan fingerprint density at radius 2 is 1.07 bits per heavy atom. The lowest BCUT2D eigenvalue weighted by Crippen LogP contribution is -2.42. The van der Waals surface area contributed by atoms with E-state index in [2.05, 4.69) is 60.7 Å². The van der Waals surface area contributed by atoms with E-state index in [4.69, 9.17) is 8.85 Å². The van der Waals surface area contributed by atoms with Crippen LogP contribution in [0.2, 0.25) is 12.6 Å². The molecule has 0 saturated carbocycles. The number of hydrogen-bond acceptors (Lipinski definition) is 3. The molecular weight excluding hydrogens is 408 g/mol. The van der Waals surface area contributed by atoms with Crippen LogP contribution in [0.4, 0.5) is 0 Å². The molecule has 0 fully saturated rings. The van der Waals surface area contributed by atoms with Crippen LogP contribution in [0.15, 0.2) is 0 Å². The molecule has 0 aromatic carbocycles. The molecule has 5 heteroatoms. The highest BCUT2D eigenvalue weighted by molar-refractivity contribution is 7.96. The third-order valence-electron chi connectivity index (χ3n) is 4.95. The second-order valence-corrected chi connectivity index (χ2v) is 13.0. The van der Waals surface area contributed by atoms with Gasteiger partial charge in [-0.25, -0.2) is 0 Å². The van der Waals surface area contributed by atoms with E-state index in [1.54, 1.807) is 0 Å². The van der Waals surface area contributed by atoms with Crippen LogP contribution in [0.5, 0.6) is 0 Å². The Hall–Kier alpha value is 0.157. The third-order valence-corrected chi connectivity index (χ3v) is 8.37. The summed E-state index contributed by atoms with van der Waals surface area (Å²) in [7, 11) is -1.96. The molecule has 0 spiro atoms. The molecule has 0 atom stereocenters. The van der Waals surface area contributed by atoms with Crippen LogP contribution >= 0.6 is 12.6 Å². The van der Waals surface area contributed by atoms with Crippen LogP contribution in [-0.4, -0.2) is 25.9 Å². The highest BCUT2D eigenvalue weighted by Gasteiger charge is 2.33. The topological polar surface area (TPSA) is 35.5 Å². The van der Waals surface area contributed by atoms with Gasteiger partial charge in [0.15, 0.2) is 5.12 Å². The van der Waals surface area contributed by atoms with Crippen molar-refractivity contribution < 1.29 is 13.6 Å². The third kappa shape index (κ3) is 26.2. The average molecular weight is 463 g/mol. The minimum absolute atomic E-state index is 0.0245. The molecule has 0 bridgehead atoms. The number of carbonyl (C=O) groups excluding carboxylic acids is 1. The monoisotopic (exact) mass is 462 g/mol. The Morgan fingerprint density at radius 3 is 1.43 bits per heavy atom. The van der Waals surface area contributed by atoms with Crippen LogP contribution < -0.4 is 0 Å². The van der Waals surface area contributed by atoms with Gasteiger partial charge in [0.05, 0.1) is 0 Å². The summed E-state index contributed by atoms with van der Waals surface area (Å²) in [6.45, 7) is 15.1. The molecule has 0 aromatic heterocycles. The van der Waals surface area contributed by atoms with Crippen LogP contribution in [0.3, 0.4) is 0 Å². The number of carbonyl (C=O) groups is 1. The smallest absolute Gasteiger partial charge is 0.335 e. The maximum Gasteiger partial charge on any atom is 0.335 e. The largest absolute Gasteiger partial charge is 0.392 e. The van der Waals surface area contributed by atoms with E-state index in [1.165, 1.54) is 77.0 Å². The first-order chi connectivity index (χ1) is 14.2. The number of unbranched alkanes of at least 4 members (excludes halogenated alkanes) is 11. The number of thiol groups is 1. The van der Waals surface area contributed by atoms with Crippen molar-refractivity contribution in [2.75, 3.05) is 0 Å². The van der Waals surface area contributed by atoms with Gasteiger partial charge in [0, 0.05) is 18.6 Å². The molecular formula is C25H54O3SSi. The predicted molar refractivity (Wildman–Crippen MR) is 139 cm³/mol. The van der Waals surface area contributed by atoms with Gasteiger partial charge in [-0.15, -0.1) is 12.6 Å². The summed E-state index contributed by atoms with van der Waals surface area (Å²) in [5, 5.41) is 0.0245. The van der Waals surface area contributed by atoms with E-state index in [-0.39, 0.29) is 17.3 Å². The van der Waals surface area contributed by atoms with Gasteiger partial charge < -0.3 is 8.85 Å². The van der Waals surface area contributed by atoms with Crippen LogP contribution in [0.25, 0.3) is 0 Å². The van der Waals surface area contributed by atoms with Crippen molar-refractivity contribution in [2.24, 2.45) is 0 Å². The van der Waals surface area contributed by atoms with Gasteiger partial charge in [-0.2, -0.15) is 0 Å². The summed E-state index contributed by atoms with van der Waals surface area (Å²) in [6.07, 6.45) is 18.1. The molecule has 0 aromatic rings. The molecule has 0 N–H and O–H groups in total. The molecule has 182 valence electrons. The van der Waals surface area contributed by atoms with E-state index in [0.717, 1.165) is 12.5 Å². The Labute approximate surface area is 196 Å². The fourth-order valence-electron chi connectivity index (χ4n) is 3.60. The minimum atomic E-state index is -1.96. The van der Waals surface area contributed by atoms with Crippen LogP contribution in [0.1, 0.15) is 131 Å². The minimum Gasteiger partial charge on any atom is -0.392 e. The van der Waals surface area contributed by atoms with Gasteiger partial charge in [0.1, 0.15) is 0 Å². The van der Waals surface area contributed by atoms with Crippen molar-refractivity contribution in [1.82, 2.24) is 0 Å². The molecule has 30 heavy (non-hydrogen) atoms. The van der Waals surface area contributed by atoms with E-state index in [9.17, 15) is 4.79 Å². The lowest BCUT2D eigenvalue weighted by Gasteiger charge is -2.31. The van der Waals surface area contributed by atoms with Gasteiger partial charge in [-0.3, -0.25) is 4.79 Å². The Morgan fingerprint density at radius 1 is 0.700 bits per heavy atom. The second-order valence-electron chi connectivity index (χ2n) is 9.25. The van der Waals surface area contributed by atoms with Gasteiger partial charge >= 0.3 is 8.56 Å². The fraction of sp³-hybridized carbons (Fsp3) is 0.960. The quantitative estimate of drug-likeness (QED) is 0.118. The first-order valence-electron chi connectivity index (χ1n) is 12.7. The van der Waals surface area contributed by atoms with E-state index in [1.807, 2.05) is 0 Å². The zero-order valence-corrected chi connectivity index (χ0v) is 23.3. The van der Waals surface area contributed by atoms with Crippen molar-refractivity contribution in [1.29, 1.82) is 0 Å². The molecule has 0 aliphatic rings. The van der Waals surface area contributed by atoms with Gasteiger partial charge in [-0.1, -0.05) is 90.9 Å². The second kappa shape index (κ2) is 22.4. The highest BCUT2D eigenvalue weighted by Crippen LogP contribution is 2.22. The SMILES string of the molecule is CCCCCCCC(=O)S.CCCCCCCCCC[Si](C)(OC(C)C)OC(C)C. The lowest BCUT2D eigenvalue weighted by atomic mass is 10.1. The molecule has 0 unspecified atom stereocenters. The van der Waals surface area contributed by atoms with Crippen LogP contribution in [0, 0.1) is 0 Å². The summed E-state index contributed by atoms with van der Waals surface area (Å²) in [4.78, 5) is 10.3. The first-order valence-corrected chi connectivity index (χ1v) is 15.7. The Balaban J connectivity index is 0. The van der Waals surface area contributed by atoms with Crippen molar-refractivity contribution in [2.45, 2.75) is 156 Å². The first kappa shape index (κ1) is 32.3. The molecule has 0 amide bonds. The lowest BCUT2D eigenvalue weighted by molar-refractivity contribution is -0.110. The Kier molecular flexibility index (Phi) is 24.1. The molecule has 3 nitrogen and oxygen atoms in total. The molecule has 0 rings (SSSR count). The summed E-state index contributed by atoms with van der Waals surface area (Å²) < 4.78 is 12.2. The zero-order valence-electron chi connectivity index (χ0n) is 21.4.